The van der Waals surface area contributed by atoms with E-state index in [0.29, 0.717) is 6.42 Å². The number of carbonyl (C=O) groups is 2. The van der Waals surface area contributed by atoms with E-state index in [1.807, 2.05) is 24.3 Å². The molecule has 0 spiro atoms. The van der Waals surface area contributed by atoms with Crippen molar-refractivity contribution in [2.24, 2.45) is 5.92 Å². The van der Waals surface area contributed by atoms with Gasteiger partial charge in [-0.15, -0.1) is 6.58 Å². The maximum Gasteiger partial charge on any atom is 0.233 e. The first-order valence-electron chi connectivity index (χ1n) is 9.92. The van der Waals surface area contributed by atoms with Gasteiger partial charge in [0.25, 0.3) is 0 Å². The number of hydrogen-bond acceptors (Lipinski definition) is 3. The van der Waals surface area contributed by atoms with Crippen LogP contribution in [-0.4, -0.2) is 47.3 Å². The highest BCUT2D eigenvalue weighted by Crippen LogP contribution is 2.27. The summed E-state index contributed by atoms with van der Waals surface area (Å²) in [5, 5.41) is 0. The van der Waals surface area contributed by atoms with Gasteiger partial charge in [-0.1, -0.05) is 55.7 Å². The maximum atomic E-state index is 12.9. The summed E-state index contributed by atoms with van der Waals surface area (Å²) in [5.41, 5.74) is 1.18. The minimum atomic E-state index is -0.0460. The molecular weight excluding hydrogens is 324 g/mol. The maximum absolute atomic E-state index is 12.9. The molecule has 4 nitrogen and oxygen atoms in total. The van der Waals surface area contributed by atoms with Gasteiger partial charge in [-0.2, -0.15) is 0 Å². The van der Waals surface area contributed by atoms with Crippen LogP contribution < -0.4 is 0 Å². The molecule has 1 aliphatic carbocycles. The smallest absolute Gasteiger partial charge is 0.233 e. The lowest BCUT2D eigenvalue weighted by atomic mass is 10.0. The predicted octanol–water partition coefficient (Wildman–Crippen LogP) is 3.42. The van der Waals surface area contributed by atoms with Crippen LogP contribution in [0.3, 0.4) is 0 Å². The van der Waals surface area contributed by atoms with E-state index < -0.39 is 0 Å². The third-order valence-corrected chi connectivity index (χ3v) is 5.24. The molecule has 2 amide bonds. The summed E-state index contributed by atoms with van der Waals surface area (Å²) in [6, 6.07) is 10.1. The van der Waals surface area contributed by atoms with Crippen LogP contribution in [0.15, 0.2) is 43.0 Å². The number of hydrogen-bond donors (Lipinski definition) is 0. The molecule has 1 saturated carbocycles. The molecule has 4 rings (SSSR count). The highest BCUT2D eigenvalue weighted by Gasteiger charge is 2.40. The zero-order valence-electron chi connectivity index (χ0n) is 15.6. The Bertz CT molecular complexity index is 624. The number of likely N-dealkylation sites (tertiary alicyclic amines) is 2. The van der Waals surface area contributed by atoms with Crippen molar-refractivity contribution in [3.8, 4) is 0 Å². The Balaban J connectivity index is 0.000000592. The lowest BCUT2D eigenvalue weighted by Crippen LogP contribution is -2.44. The lowest BCUT2D eigenvalue weighted by Gasteiger charge is -2.26. The molecule has 2 saturated heterocycles. The summed E-state index contributed by atoms with van der Waals surface area (Å²) in [5.74, 6) is -0.0200. The summed E-state index contributed by atoms with van der Waals surface area (Å²) in [6.45, 7) is 6.22. The second-order valence-electron chi connectivity index (χ2n) is 7.58. The van der Waals surface area contributed by atoms with Gasteiger partial charge in [0.05, 0.1) is 5.92 Å². The molecule has 0 radical (unpaired) electrons. The van der Waals surface area contributed by atoms with E-state index in [4.69, 9.17) is 0 Å². The van der Waals surface area contributed by atoms with E-state index in [2.05, 4.69) is 23.6 Å². The quantitative estimate of drug-likeness (QED) is 0.601. The molecule has 2 atom stereocenters. The standard InChI is InChI=1S/C19H24N2O2.C3H6/c1-2-11-20-12-10-16(14-20)19(23)21-17(8-9-18(21)22)13-15-6-4-3-5-7-15;1-2-3-1/h2-7,16-17H,1,8-14H2;1-3H2/t16-,17+;/m0./s1. The van der Waals surface area contributed by atoms with Gasteiger partial charge < -0.3 is 0 Å². The normalized spacial score (nSPS) is 24.9. The molecule has 0 N–H and O–H groups in total. The summed E-state index contributed by atoms with van der Waals surface area (Å²) in [7, 11) is 0. The Morgan fingerprint density at radius 1 is 1.15 bits per heavy atom. The van der Waals surface area contributed by atoms with Crippen molar-refractivity contribution in [1.82, 2.24) is 9.80 Å². The van der Waals surface area contributed by atoms with Crippen LogP contribution in [0.1, 0.15) is 44.1 Å². The van der Waals surface area contributed by atoms with Gasteiger partial charge >= 0.3 is 0 Å². The van der Waals surface area contributed by atoms with Gasteiger partial charge in [0.1, 0.15) is 0 Å². The number of imide groups is 1. The molecule has 4 heteroatoms. The summed E-state index contributed by atoms with van der Waals surface area (Å²) in [4.78, 5) is 28.9. The highest BCUT2D eigenvalue weighted by molar-refractivity contribution is 5.98. The Labute approximate surface area is 156 Å². The first-order valence-corrected chi connectivity index (χ1v) is 9.92. The zero-order valence-corrected chi connectivity index (χ0v) is 15.6. The molecule has 1 aromatic carbocycles. The average Bonchev–Trinajstić information content (AvgIpc) is 3.39. The molecule has 2 aliphatic heterocycles. The second kappa shape index (κ2) is 9.13. The molecule has 3 aliphatic rings. The van der Waals surface area contributed by atoms with Gasteiger partial charge in [-0.25, -0.2) is 0 Å². The van der Waals surface area contributed by atoms with Crippen LogP contribution in [0.2, 0.25) is 0 Å². The van der Waals surface area contributed by atoms with E-state index in [9.17, 15) is 9.59 Å². The summed E-state index contributed by atoms with van der Waals surface area (Å²) in [6.07, 6.45) is 9.25. The predicted molar refractivity (Wildman–Crippen MR) is 104 cm³/mol. The van der Waals surface area contributed by atoms with E-state index in [0.717, 1.165) is 38.9 Å². The second-order valence-corrected chi connectivity index (χ2v) is 7.58. The lowest BCUT2D eigenvalue weighted by molar-refractivity contribution is -0.146. The molecule has 0 aromatic heterocycles. The van der Waals surface area contributed by atoms with Crippen LogP contribution in [-0.2, 0) is 16.0 Å². The summed E-state index contributed by atoms with van der Waals surface area (Å²) >= 11 is 0. The fraction of sp³-hybridized carbons (Fsp3) is 0.545. The Hall–Kier alpha value is -1.94. The molecule has 2 heterocycles. The highest BCUT2D eigenvalue weighted by atomic mass is 16.2. The van der Waals surface area contributed by atoms with Crippen molar-refractivity contribution < 1.29 is 9.59 Å². The third-order valence-electron chi connectivity index (χ3n) is 5.24. The fourth-order valence-electron chi connectivity index (χ4n) is 3.70. The number of carbonyl (C=O) groups excluding carboxylic acids is 2. The molecule has 26 heavy (non-hydrogen) atoms. The molecule has 140 valence electrons. The van der Waals surface area contributed by atoms with Crippen molar-refractivity contribution >= 4 is 11.8 Å². The van der Waals surface area contributed by atoms with Crippen LogP contribution in [0, 0.1) is 5.92 Å². The minimum Gasteiger partial charge on any atom is -0.299 e. The molecule has 0 bridgehead atoms. The van der Waals surface area contributed by atoms with Crippen molar-refractivity contribution in [2.45, 2.75) is 51.0 Å². The largest absolute Gasteiger partial charge is 0.299 e. The van der Waals surface area contributed by atoms with Gasteiger partial charge in [0.15, 0.2) is 0 Å². The number of benzene rings is 1. The topological polar surface area (TPSA) is 40.6 Å². The molecule has 3 fully saturated rings. The van der Waals surface area contributed by atoms with Crippen molar-refractivity contribution in [2.75, 3.05) is 19.6 Å². The van der Waals surface area contributed by atoms with E-state index in [-0.39, 0.29) is 23.8 Å². The Kier molecular flexibility index (Phi) is 6.62. The van der Waals surface area contributed by atoms with Gasteiger partial charge in [0, 0.05) is 25.6 Å². The van der Waals surface area contributed by atoms with Gasteiger partial charge in [-0.05, 0) is 31.4 Å². The SMILES string of the molecule is C1CC1.C=CCN1CC[C@H](C(=O)N2C(=O)CC[C@@H]2Cc2ccccc2)C1. The van der Waals surface area contributed by atoms with Crippen molar-refractivity contribution in [1.29, 1.82) is 0 Å². The van der Waals surface area contributed by atoms with Gasteiger partial charge in [0.2, 0.25) is 11.8 Å². The Morgan fingerprint density at radius 3 is 2.54 bits per heavy atom. The number of nitrogens with zero attached hydrogens (tertiary/aromatic N) is 2. The van der Waals surface area contributed by atoms with Crippen molar-refractivity contribution in [3.05, 3.63) is 48.6 Å². The number of rotatable bonds is 5. The van der Waals surface area contributed by atoms with E-state index >= 15 is 0 Å². The molecular formula is C22H30N2O2. The third kappa shape index (κ3) is 5.04. The van der Waals surface area contributed by atoms with Crippen LogP contribution in [0.5, 0.6) is 0 Å². The minimum absolute atomic E-state index is 0.00176. The molecule has 1 aromatic rings. The van der Waals surface area contributed by atoms with E-state index in [1.165, 1.54) is 24.8 Å². The van der Waals surface area contributed by atoms with E-state index in [1.54, 1.807) is 4.90 Å². The fourth-order valence-corrected chi connectivity index (χ4v) is 3.70. The monoisotopic (exact) mass is 354 g/mol. The van der Waals surface area contributed by atoms with Crippen molar-refractivity contribution in [3.63, 3.8) is 0 Å². The zero-order chi connectivity index (χ0) is 18.4. The first kappa shape index (κ1) is 18.8. The Morgan fingerprint density at radius 2 is 1.88 bits per heavy atom. The van der Waals surface area contributed by atoms with Crippen LogP contribution in [0.4, 0.5) is 0 Å². The van der Waals surface area contributed by atoms with Gasteiger partial charge in [-0.3, -0.25) is 19.4 Å². The van der Waals surface area contributed by atoms with Crippen LogP contribution >= 0.6 is 0 Å². The summed E-state index contributed by atoms with van der Waals surface area (Å²) < 4.78 is 0. The molecule has 0 unspecified atom stereocenters. The number of amides is 2. The van der Waals surface area contributed by atoms with Crippen LogP contribution in [0.25, 0.3) is 0 Å². The average molecular weight is 354 g/mol. The first-order chi connectivity index (χ1) is 12.7.